The van der Waals surface area contributed by atoms with E-state index in [1.165, 1.54) is 5.56 Å². The summed E-state index contributed by atoms with van der Waals surface area (Å²) in [7, 11) is -1.43. The summed E-state index contributed by atoms with van der Waals surface area (Å²) >= 11 is 0. The van der Waals surface area contributed by atoms with Gasteiger partial charge in [-0.25, -0.2) is 0 Å². The van der Waals surface area contributed by atoms with Crippen LogP contribution in [0, 0.1) is 0 Å². The highest BCUT2D eigenvalue weighted by Crippen LogP contribution is 2.15. The summed E-state index contributed by atoms with van der Waals surface area (Å²) in [4.78, 5) is 0. The highest BCUT2D eigenvalue weighted by molar-refractivity contribution is 6.61. The Balaban J connectivity index is 2.04. The van der Waals surface area contributed by atoms with Crippen molar-refractivity contribution in [2.45, 2.75) is 6.54 Å². The zero-order valence-electron chi connectivity index (χ0n) is 10.4. The molecule has 0 aliphatic rings. The molecule has 0 fully saturated rings. The van der Waals surface area contributed by atoms with E-state index in [0.717, 1.165) is 17.4 Å². The molecule has 0 amide bonds. The van der Waals surface area contributed by atoms with Crippen molar-refractivity contribution in [1.29, 1.82) is 0 Å². The van der Waals surface area contributed by atoms with E-state index in [0.29, 0.717) is 5.46 Å². The minimum atomic E-state index is -1.43. The first-order valence-corrected chi connectivity index (χ1v) is 6.23. The van der Waals surface area contributed by atoms with Crippen molar-refractivity contribution < 1.29 is 10.0 Å². The van der Waals surface area contributed by atoms with E-state index in [9.17, 15) is 10.0 Å². The van der Waals surface area contributed by atoms with Crippen LogP contribution in [0.4, 0.5) is 0 Å². The van der Waals surface area contributed by atoms with Gasteiger partial charge in [0.1, 0.15) is 0 Å². The average Bonchev–Trinajstić information content (AvgIpc) is 2.83. The van der Waals surface area contributed by atoms with E-state index >= 15 is 0 Å². The first kappa shape index (κ1) is 12.0. The maximum absolute atomic E-state index is 9.37. The van der Waals surface area contributed by atoms with Crippen LogP contribution in [0.2, 0.25) is 0 Å². The molecule has 19 heavy (non-hydrogen) atoms. The zero-order valence-corrected chi connectivity index (χ0v) is 10.4. The molecule has 94 valence electrons. The quantitative estimate of drug-likeness (QED) is 0.690. The van der Waals surface area contributed by atoms with Crippen molar-refractivity contribution in [3.05, 3.63) is 66.4 Å². The van der Waals surface area contributed by atoms with Gasteiger partial charge in [-0.05, 0) is 28.5 Å². The molecule has 0 bridgehead atoms. The molecule has 0 spiro atoms. The van der Waals surface area contributed by atoms with Gasteiger partial charge in [-0.3, -0.25) is 0 Å². The highest BCUT2D eigenvalue weighted by atomic mass is 16.4. The average molecular weight is 251 g/mol. The summed E-state index contributed by atoms with van der Waals surface area (Å²) in [6, 6.07) is 17.7. The number of fused-ring (bicyclic) bond motifs is 1. The molecular weight excluding hydrogens is 237 g/mol. The highest BCUT2D eigenvalue weighted by Gasteiger charge is 2.15. The van der Waals surface area contributed by atoms with Gasteiger partial charge >= 0.3 is 7.12 Å². The monoisotopic (exact) mass is 251 g/mol. The van der Waals surface area contributed by atoms with Gasteiger partial charge in [-0.1, -0.05) is 42.5 Å². The smallest absolute Gasteiger partial charge is 0.423 e. The third-order valence-electron chi connectivity index (χ3n) is 3.32. The van der Waals surface area contributed by atoms with Crippen LogP contribution in [0.3, 0.4) is 0 Å². The van der Waals surface area contributed by atoms with Gasteiger partial charge in [0.2, 0.25) is 0 Å². The first-order chi connectivity index (χ1) is 9.25. The molecular formula is C15H14BNO2. The molecule has 2 N–H and O–H groups in total. The van der Waals surface area contributed by atoms with E-state index in [-0.39, 0.29) is 0 Å². The largest absolute Gasteiger partial charge is 0.489 e. The van der Waals surface area contributed by atoms with Gasteiger partial charge in [0.15, 0.2) is 0 Å². The van der Waals surface area contributed by atoms with Gasteiger partial charge < -0.3 is 14.6 Å². The summed E-state index contributed by atoms with van der Waals surface area (Å²) < 4.78 is 2.11. The molecule has 3 nitrogen and oxygen atoms in total. The SMILES string of the molecule is OB(O)c1cccc2c1ccn2Cc1ccccc1. The van der Waals surface area contributed by atoms with E-state index in [4.69, 9.17) is 0 Å². The van der Waals surface area contributed by atoms with Crippen molar-refractivity contribution in [3.63, 3.8) is 0 Å². The van der Waals surface area contributed by atoms with Crippen LogP contribution in [-0.4, -0.2) is 21.7 Å². The van der Waals surface area contributed by atoms with Crippen molar-refractivity contribution in [2.24, 2.45) is 0 Å². The van der Waals surface area contributed by atoms with Crippen molar-refractivity contribution in [2.75, 3.05) is 0 Å². The Hall–Kier alpha value is -2.04. The first-order valence-electron chi connectivity index (χ1n) is 6.23. The molecule has 1 aromatic heterocycles. The van der Waals surface area contributed by atoms with Gasteiger partial charge in [0, 0.05) is 18.3 Å². The van der Waals surface area contributed by atoms with Crippen LogP contribution in [0.25, 0.3) is 10.9 Å². The topological polar surface area (TPSA) is 45.4 Å². The lowest BCUT2D eigenvalue weighted by Crippen LogP contribution is -2.30. The van der Waals surface area contributed by atoms with Crippen LogP contribution in [0.1, 0.15) is 5.56 Å². The number of hydrogen-bond donors (Lipinski definition) is 2. The van der Waals surface area contributed by atoms with Crippen LogP contribution >= 0.6 is 0 Å². The van der Waals surface area contributed by atoms with Crippen molar-refractivity contribution in [1.82, 2.24) is 4.57 Å². The minimum absolute atomic E-state index is 0.546. The molecule has 0 aliphatic carbocycles. The minimum Gasteiger partial charge on any atom is -0.423 e. The third kappa shape index (κ3) is 2.28. The van der Waals surface area contributed by atoms with Crippen LogP contribution in [0.5, 0.6) is 0 Å². The molecule has 0 saturated heterocycles. The summed E-state index contributed by atoms with van der Waals surface area (Å²) in [6.07, 6.45) is 1.98. The van der Waals surface area contributed by atoms with E-state index < -0.39 is 7.12 Å². The van der Waals surface area contributed by atoms with Gasteiger partial charge in [-0.2, -0.15) is 0 Å². The van der Waals surface area contributed by atoms with E-state index in [1.807, 2.05) is 42.6 Å². The second kappa shape index (κ2) is 4.92. The number of rotatable bonds is 3. The van der Waals surface area contributed by atoms with Gasteiger partial charge in [0.25, 0.3) is 0 Å². The second-order valence-corrected chi connectivity index (χ2v) is 4.58. The Morgan fingerprint density at radius 1 is 0.895 bits per heavy atom. The second-order valence-electron chi connectivity index (χ2n) is 4.58. The Morgan fingerprint density at radius 3 is 2.42 bits per heavy atom. The molecule has 3 aromatic rings. The molecule has 0 radical (unpaired) electrons. The van der Waals surface area contributed by atoms with Crippen LogP contribution in [0.15, 0.2) is 60.8 Å². The molecule has 1 heterocycles. The Kier molecular flexibility index (Phi) is 3.11. The number of aromatic nitrogens is 1. The van der Waals surface area contributed by atoms with E-state index in [1.54, 1.807) is 6.07 Å². The maximum Gasteiger partial charge on any atom is 0.489 e. The molecule has 3 rings (SSSR count). The summed E-state index contributed by atoms with van der Waals surface area (Å²) in [5, 5.41) is 19.6. The lowest BCUT2D eigenvalue weighted by atomic mass is 9.78. The van der Waals surface area contributed by atoms with E-state index in [2.05, 4.69) is 16.7 Å². The fraction of sp³-hybridized carbons (Fsp3) is 0.0667. The number of nitrogens with zero attached hydrogens (tertiary/aromatic N) is 1. The molecule has 4 heteroatoms. The normalized spacial score (nSPS) is 10.8. The van der Waals surface area contributed by atoms with Gasteiger partial charge in [-0.15, -0.1) is 0 Å². The van der Waals surface area contributed by atoms with Crippen molar-refractivity contribution in [3.8, 4) is 0 Å². The Morgan fingerprint density at radius 2 is 1.68 bits per heavy atom. The predicted molar refractivity (Wildman–Crippen MR) is 77.3 cm³/mol. The summed E-state index contributed by atoms with van der Waals surface area (Å²) in [5.74, 6) is 0. The predicted octanol–water partition coefficient (Wildman–Crippen LogP) is 1.37. The summed E-state index contributed by atoms with van der Waals surface area (Å²) in [5.41, 5.74) is 2.77. The molecule has 0 saturated carbocycles. The standard InChI is InChI=1S/C15H14BNO2/c18-16(19)14-7-4-8-15-13(14)9-10-17(15)11-12-5-2-1-3-6-12/h1-10,18-19H,11H2. The summed E-state index contributed by atoms with van der Waals surface area (Å²) in [6.45, 7) is 0.773. The lowest BCUT2D eigenvalue weighted by molar-refractivity contribution is 0.426. The van der Waals surface area contributed by atoms with Crippen LogP contribution < -0.4 is 5.46 Å². The van der Waals surface area contributed by atoms with Crippen LogP contribution in [-0.2, 0) is 6.54 Å². The molecule has 0 unspecified atom stereocenters. The Labute approximate surface area is 111 Å². The molecule has 2 aromatic carbocycles. The fourth-order valence-electron chi connectivity index (χ4n) is 2.39. The lowest BCUT2D eigenvalue weighted by Gasteiger charge is -2.07. The molecule has 0 aliphatic heterocycles. The van der Waals surface area contributed by atoms with Crippen molar-refractivity contribution >= 4 is 23.5 Å². The number of hydrogen-bond acceptors (Lipinski definition) is 2. The third-order valence-corrected chi connectivity index (χ3v) is 3.32. The fourth-order valence-corrected chi connectivity index (χ4v) is 2.39. The number of benzene rings is 2. The zero-order chi connectivity index (χ0) is 13.2. The van der Waals surface area contributed by atoms with Gasteiger partial charge in [0.05, 0.1) is 0 Å². The molecule has 0 atom stereocenters. The maximum atomic E-state index is 9.37. The Bertz CT molecular complexity index is 692.